The average molecular weight is 1590 g/mol. The van der Waals surface area contributed by atoms with E-state index in [4.69, 9.17) is 16.9 Å². The minimum absolute atomic E-state index is 0.00729. The van der Waals surface area contributed by atoms with E-state index in [-0.39, 0.29) is 83.3 Å². The fraction of sp³-hybridized carbons (Fsp3) is 0.623. The lowest BCUT2D eigenvalue weighted by Gasteiger charge is -2.32. The molecule has 2 aromatic heterocycles. The molecular weight excluding hydrogens is 1470 g/mol. The Bertz CT molecular complexity index is 3740. The highest BCUT2D eigenvalue weighted by Crippen LogP contribution is 2.21. The van der Waals surface area contributed by atoms with Gasteiger partial charge in [0.2, 0.25) is 65.0 Å². The zero-order valence-corrected chi connectivity index (χ0v) is 66.0. The van der Waals surface area contributed by atoms with Gasteiger partial charge in [-0.15, -0.1) is 0 Å². The highest BCUT2D eigenvalue weighted by atomic mass is 32.2. The summed E-state index contributed by atoms with van der Waals surface area (Å²) in [6, 6.07) is 0.142. The number of aliphatic hydroxyl groups excluding tert-OH is 3. The number of aromatic amines is 2. The van der Waals surface area contributed by atoms with Crippen molar-refractivity contribution in [3.8, 4) is 0 Å². The molecule has 5 rings (SSSR count). The van der Waals surface area contributed by atoms with Crippen LogP contribution in [0, 0.1) is 5.41 Å². The maximum atomic E-state index is 15.0. The van der Waals surface area contributed by atoms with E-state index in [1.807, 2.05) is 6.07 Å². The molecule has 35 heteroatoms. The summed E-state index contributed by atoms with van der Waals surface area (Å²) in [4.78, 5) is 167. The van der Waals surface area contributed by atoms with Gasteiger partial charge in [0, 0.05) is 74.7 Å². The maximum absolute atomic E-state index is 15.0. The molecule has 1 fully saturated rings. The van der Waals surface area contributed by atoms with Crippen molar-refractivity contribution in [3.63, 3.8) is 0 Å². The van der Waals surface area contributed by atoms with Crippen LogP contribution in [0.5, 0.6) is 0 Å². The molecule has 0 spiro atoms. The largest absolute Gasteiger partial charge is 0.394 e. The van der Waals surface area contributed by atoms with E-state index < -0.39 is 179 Å². The molecule has 12 atom stereocenters. The number of H-pyrrole nitrogens is 2. The molecule has 0 bridgehead atoms. The van der Waals surface area contributed by atoms with E-state index in [2.05, 4.69) is 85.7 Å². The van der Waals surface area contributed by atoms with Crippen LogP contribution in [0.15, 0.2) is 73.3 Å². The number of nitrogens with one attached hydrogen (secondary N) is 15. The van der Waals surface area contributed by atoms with E-state index in [0.29, 0.717) is 36.1 Å². The van der Waals surface area contributed by atoms with Crippen LogP contribution in [0.25, 0.3) is 10.9 Å². The first-order chi connectivity index (χ1) is 53.6. The van der Waals surface area contributed by atoms with Crippen molar-refractivity contribution in [1.29, 1.82) is 5.41 Å². The number of hydrogen-bond donors (Lipinski definition) is 20. The van der Waals surface area contributed by atoms with Crippen LogP contribution in [-0.4, -0.2) is 214 Å². The minimum atomic E-state index is -3.92. The number of unbranched alkanes of at least 4 members (excludes halogenated alkanes) is 13. The zero-order chi connectivity index (χ0) is 82.0. The number of carbonyl (C=O) groups excluding carboxylic acids is 11. The number of imidazole rings is 1. The number of fused-ring (bicyclic) bond motifs is 1. The quantitative estimate of drug-likeness (QED) is 0.0126. The van der Waals surface area contributed by atoms with Crippen LogP contribution in [-0.2, 0) is 81.8 Å². The number of amides is 11. The topological polar surface area (TPSA) is 547 Å². The third kappa shape index (κ3) is 35.0. The first-order valence-electron chi connectivity index (χ1n) is 39.4. The zero-order valence-electron chi connectivity index (χ0n) is 65.1. The minimum Gasteiger partial charge on any atom is -0.394 e. The molecular formula is C77H122N18O16S. The number of sulfone groups is 1. The molecule has 622 valence electrons. The number of carbonyl (C=O) groups is 11. The summed E-state index contributed by atoms with van der Waals surface area (Å²) in [7, 11) is -3.92. The van der Waals surface area contributed by atoms with Gasteiger partial charge in [0.1, 0.15) is 64.4 Å². The Morgan fingerprint density at radius 3 is 1.85 bits per heavy atom. The number of hydrogen-bond acceptors (Lipinski definition) is 19. The summed E-state index contributed by atoms with van der Waals surface area (Å²) >= 11 is 0. The van der Waals surface area contributed by atoms with E-state index >= 15 is 0 Å². The molecule has 11 amide bonds. The molecule has 3 heterocycles. The Kier molecular flexibility index (Phi) is 41.9. The molecule has 22 N–H and O–H groups in total. The highest BCUT2D eigenvalue weighted by Gasteiger charge is 2.38. The Morgan fingerprint density at radius 1 is 0.643 bits per heavy atom. The van der Waals surface area contributed by atoms with Crippen molar-refractivity contribution in [2.24, 2.45) is 11.5 Å². The number of aliphatic hydroxyl groups is 3. The number of rotatable bonds is 43. The van der Waals surface area contributed by atoms with Crippen molar-refractivity contribution in [2.45, 2.75) is 273 Å². The molecule has 1 aliphatic rings. The third-order valence-electron chi connectivity index (χ3n) is 19.5. The maximum Gasteiger partial charge on any atom is 0.245 e. The molecule has 1 saturated heterocycles. The smallest absolute Gasteiger partial charge is 0.245 e. The molecule has 112 heavy (non-hydrogen) atoms. The van der Waals surface area contributed by atoms with Gasteiger partial charge >= 0.3 is 0 Å². The molecule has 1 aliphatic heterocycles. The summed E-state index contributed by atoms with van der Waals surface area (Å²) in [5, 5.41) is 73.7. The molecule has 1 unspecified atom stereocenters. The Balaban J connectivity index is 1.41. The predicted octanol–water partition coefficient (Wildman–Crippen LogP) is 0.867. The number of guanidine groups is 1. The fourth-order valence-electron chi connectivity index (χ4n) is 13.0. The van der Waals surface area contributed by atoms with E-state index in [1.54, 1.807) is 61.7 Å². The number of nitrogens with zero attached hydrogens (tertiary/aromatic N) is 1. The van der Waals surface area contributed by atoms with Crippen LogP contribution in [0.1, 0.15) is 198 Å². The van der Waals surface area contributed by atoms with Gasteiger partial charge in [0.15, 0.2) is 5.96 Å². The SMILES string of the molecule is CCCCCCCCCCCCCCCC(=O)N[C@@H](CO)C(=O)N[C@@H](Cc1c[nH]cn1)C(=O)N[C@@H](C(C)O)[C@H](O)N[C@@H](CCCC)C(=O)N[C@H]1CCC(=O)NCCCC[C@@H](C(N)=O)NC(=O)[C@H](Cc2c[nH]c3ccccc23)NC(=O)[C@H](CCCNC(=N)N)NC(=O)[C@@H](Cc2ccccc2)NC(=O)[C@H](CCS(C)(=O)=O)NC1=O. The number of aromatic nitrogens is 3. The van der Waals surface area contributed by atoms with Gasteiger partial charge in [-0.25, -0.2) is 13.4 Å². The monoisotopic (exact) mass is 1590 g/mol. The summed E-state index contributed by atoms with van der Waals surface area (Å²) in [5.41, 5.74) is 13.5. The lowest BCUT2D eigenvalue weighted by molar-refractivity contribution is -0.136. The second-order valence-corrected chi connectivity index (χ2v) is 31.3. The van der Waals surface area contributed by atoms with Crippen LogP contribution < -0.4 is 75.3 Å². The molecule has 0 aliphatic carbocycles. The van der Waals surface area contributed by atoms with Crippen molar-refractivity contribution < 1.29 is 76.5 Å². The van der Waals surface area contributed by atoms with E-state index in [0.717, 1.165) is 42.8 Å². The van der Waals surface area contributed by atoms with Gasteiger partial charge in [0.25, 0.3) is 0 Å². The number of benzene rings is 2. The van der Waals surface area contributed by atoms with Crippen LogP contribution in [0.2, 0.25) is 0 Å². The first-order valence-corrected chi connectivity index (χ1v) is 41.5. The summed E-state index contributed by atoms with van der Waals surface area (Å²) in [6.07, 6.45) is 15.1. The summed E-state index contributed by atoms with van der Waals surface area (Å²) in [5.74, 6) is -10.9. The van der Waals surface area contributed by atoms with Gasteiger partial charge in [0.05, 0.1) is 42.6 Å². The van der Waals surface area contributed by atoms with Crippen LogP contribution >= 0.6 is 0 Å². The lowest BCUT2D eigenvalue weighted by atomic mass is 10.0. The Hall–Kier alpha value is -9.58. The number of primary amides is 1. The second kappa shape index (κ2) is 50.4. The van der Waals surface area contributed by atoms with Crippen molar-refractivity contribution in [2.75, 3.05) is 31.7 Å². The van der Waals surface area contributed by atoms with Gasteiger partial charge in [-0.3, -0.25) is 63.5 Å². The van der Waals surface area contributed by atoms with Gasteiger partial charge in [-0.1, -0.05) is 152 Å². The van der Waals surface area contributed by atoms with E-state index in [9.17, 15) is 76.5 Å². The number of para-hydroxylation sites is 1. The van der Waals surface area contributed by atoms with E-state index in [1.165, 1.54) is 70.8 Å². The summed E-state index contributed by atoms with van der Waals surface area (Å²) < 4.78 is 25.8. The number of nitrogens with two attached hydrogens (primary N) is 2. The molecule has 4 aromatic rings. The fourth-order valence-corrected chi connectivity index (χ4v) is 13.7. The predicted molar refractivity (Wildman–Crippen MR) is 422 cm³/mol. The molecule has 2 aromatic carbocycles. The van der Waals surface area contributed by atoms with Crippen molar-refractivity contribution >= 4 is 91.7 Å². The van der Waals surface area contributed by atoms with Crippen molar-refractivity contribution in [3.05, 3.63) is 90.1 Å². The highest BCUT2D eigenvalue weighted by molar-refractivity contribution is 7.90. The Labute approximate surface area is 656 Å². The molecule has 0 radical (unpaired) electrons. The summed E-state index contributed by atoms with van der Waals surface area (Å²) in [6.45, 7) is 4.45. The van der Waals surface area contributed by atoms with Crippen molar-refractivity contribution in [1.82, 2.24) is 78.8 Å². The molecule has 0 saturated carbocycles. The van der Waals surface area contributed by atoms with Gasteiger partial charge in [-0.2, -0.15) is 0 Å². The lowest BCUT2D eigenvalue weighted by Crippen LogP contribution is -2.63. The Morgan fingerprint density at radius 2 is 1.23 bits per heavy atom. The van der Waals surface area contributed by atoms with Gasteiger partial charge in [-0.05, 0) is 81.9 Å². The first kappa shape index (κ1) is 93.0. The molecule has 34 nitrogen and oxygen atoms in total. The second-order valence-electron chi connectivity index (χ2n) is 29.0. The standard InChI is InChI=1S/C77H122N18O16S/c1-5-7-9-10-11-12-13-14-15-16-17-18-22-35-65(99)86-63(47-96)75(108)94-62(44-52-46-81-48-85-52)74(107)95-66(49(3)97)76(109)91-56(31-8-6-2)68(101)89-58-36-37-64(98)82-39-26-25-33-55(67(78)100)87-73(106)61(43-51-45-84-54-32-24-23-30-53(51)54)93-69(102)57(34-27-40-83-77(79)80)88-72(105)60(42-50-28-20-19-21-29-50)92-71(104)59(90-70(58)103)38-41-112(4,110)111/h19-21,23-24,28-30,32,45-46,48-49,55-63,66,76,84,91,96-97,109H,5-18,22,25-27,31,33-44,47H2,1-4H3,(H2,78,100)(H,81,85)(H,82,98)(H,86,99)(H,87,106)(H,88,105)(H,89,101)(H,90,103)(H,92,104)(H,93,102)(H,94,108)(H,95,107)(H4,79,80,83)/t49?,55-,56-,57-,58-,59-,60+,61-,62-,63-,66-,76-/m0/s1. The average Bonchev–Trinajstić information content (AvgIpc) is 1.63. The third-order valence-corrected chi connectivity index (χ3v) is 20.5. The van der Waals surface area contributed by atoms with Gasteiger partial charge < -0.3 is 95.2 Å². The normalized spacial score (nSPS) is 19.7. The van der Waals surface area contributed by atoms with Crippen LogP contribution in [0.3, 0.4) is 0 Å². The van der Waals surface area contributed by atoms with Crippen LogP contribution in [0.4, 0.5) is 0 Å².